The van der Waals surface area contributed by atoms with E-state index in [-0.39, 0.29) is 30.2 Å². The summed E-state index contributed by atoms with van der Waals surface area (Å²) < 4.78 is 11.1. The molecule has 37 heavy (non-hydrogen) atoms. The Morgan fingerprint density at radius 1 is 0.973 bits per heavy atom. The molecule has 1 aliphatic heterocycles. The van der Waals surface area contributed by atoms with E-state index in [9.17, 15) is 14.4 Å². The lowest BCUT2D eigenvalue weighted by atomic mass is 10.1. The van der Waals surface area contributed by atoms with E-state index in [0.717, 1.165) is 39.7 Å². The van der Waals surface area contributed by atoms with Crippen molar-refractivity contribution in [2.75, 3.05) is 19.0 Å². The fourth-order valence-electron chi connectivity index (χ4n) is 3.85. The van der Waals surface area contributed by atoms with Crippen molar-refractivity contribution in [3.8, 4) is 11.5 Å². The van der Waals surface area contributed by atoms with Crippen molar-refractivity contribution in [1.82, 2.24) is 4.90 Å². The van der Waals surface area contributed by atoms with Crippen molar-refractivity contribution >= 4 is 40.6 Å². The number of nitrogens with one attached hydrogen (secondary N) is 1. The zero-order chi connectivity index (χ0) is 26.5. The molecule has 3 amide bonds. The Balaban J connectivity index is 1.43. The number of thioether (sulfide) groups is 1. The largest absolute Gasteiger partial charge is 0.493 e. The SMILES string of the molecule is COc1cc(/C=C2\SC(=O)N(Cc3ccccc3C)C2=O)ccc1OCC(=O)Nc1cccc(C)c1C. The van der Waals surface area contributed by atoms with Crippen LogP contribution in [0.2, 0.25) is 0 Å². The second kappa shape index (κ2) is 11.3. The van der Waals surface area contributed by atoms with E-state index in [0.29, 0.717) is 22.0 Å². The molecule has 1 heterocycles. The van der Waals surface area contributed by atoms with E-state index in [4.69, 9.17) is 9.47 Å². The van der Waals surface area contributed by atoms with E-state index in [2.05, 4.69) is 5.32 Å². The fourth-order valence-corrected chi connectivity index (χ4v) is 4.69. The van der Waals surface area contributed by atoms with Gasteiger partial charge in [-0.1, -0.05) is 42.5 Å². The number of methoxy groups -OCH3 is 1. The normalized spacial score (nSPS) is 14.3. The van der Waals surface area contributed by atoms with Gasteiger partial charge in [0.25, 0.3) is 17.1 Å². The molecule has 0 spiro atoms. The van der Waals surface area contributed by atoms with Crippen molar-refractivity contribution in [3.05, 3.63) is 93.4 Å². The number of benzene rings is 3. The second-order valence-electron chi connectivity index (χ2n) is 8.69. The highest BCUT2D eigenvalue weighted by Crippen LogP contribution is 2.35. The number of imide groups is 1. The summed E-state index contributed by atoms with van der Waals surface area (Å²) in [6.45, 7) is 5.92. The van der Waals surface area contributed by atoms with Gasteiger partial charge >= 0.3 is 0 Å². The van der Waals surface area contributed by atoms with Crippen LogP contribution < -0.4 is 14.8 Å². The molecule has 8 heteroatoms. The van der Waals surface area contributed by atoms with Crippen LogP contribution in [0.15, 0.2) is 65.6 Å². The van der Waals surface area contributed by atoms with Gasteiger partial charge in [-0.3, -0.25) is 19.3 Å². The minimum Gasteiger partial charge on any atom is -0.493 e. The van der Waals surface area contributed by atoms with E-state index < -0.39 is 0 Å². The summed E-state index contributed by atoms with van der Waals surface area (Å²) in [6, 6.07) is 18.5. The maximum atomic E-state index is 12.9. The molecule has 7 nitrogen and oxygen atoms in total. The molecule has 0 radical (unpaired) electrons. The lowest BCUT2D eigenvalue weighted by Crippen LogP contribution is -2.27. The Kier molecular flexibility index (Phi) is 7.98. The molecule has 4 rings (SSSR count). The molecule has 0 bridgehead atoms. The van der Waals surface area contributed by atoms with Crippen LogP contribution in [0.5, 0.6) is 11.5 Å². The van der Waals surface area contributed by atoms with Gasteiger partial charge in [-0.25, -0.2) is 0 Å². The highest BCUT2D eigenvalue weighted by Gasteiger charge is 2.35. The Bertz CT molecular complexity index is 1400. The molecular formula is C29H28N2O5S. The summed E-state index contributed by atoms with van der Waals surface area (Å²) >= 11 is 0.910. The predicted octanol–water partition coefficient (Wildman–Crippen LogP) is 5.87. The summed E-state index contributed by atoms with van der Waals surface area (Å²) in [7, 11) is 1.50. The van der Waals surface area contributed by atoms with Crippen molar-refractivity contribution in [1.29, 1.82) is 0 Å². The van der Waals surface area contributed by atoms with Crippen LogP contribution in [-0.4, -0.2) is 35.7 Å². The molecule has 1 fully saturated rings. The molecular weight excluding hydrogens is 488 g/mol. The Hall–Kier alpha value is -4.04. The summed E-state index contributed by atoms with van der Waals surface area (Å²) in [5.41, 5.74) is 5.45. The highest BCUT2D eigenvalue weighted by atomic mass is 32.2. The molecule has 0 unspecified atom stereocenters. The molecule has 0 atom stereocenters. The van der Waals surface area contributed by atoms with Crippen LogP contribution in [0.4, 0.5) is 10.5 Å². The molecule has 190 valence electrons. The van der Waals surface area contributed by atoms with Gasteiger partial charge in [-0.05, 0) is 84.6 Å². The van der Waals surface area contributed by atoms with Crippen molar-refractivity contribution in [2.45, 2.75) is 27.3 Å². The number of amides is 3. The van der Waals surface area contributed by atoms with Crippen LogP contribution in [-0.2, 0) is 16.1 Å². The lowest BCUT2D eigenvalue weighted by molar-refractivity contribution is -0.123. The predicted molar refractivity (Wildman–Crippen MR) is 146 cm³/mol. The number of hydrogen-bond donors (Lipinski definition) is 1. The van der Waals surface area contributed by atoms with Crippen LogP contribution in [0.25, 0.3) is 6.08 Å². The van der Waals surface area contributed by atoms with Gasteiger partial charge in [0.1, 0.15) is 0 Å². The Labute approximate surface area is 220 Å². The van der Waals surface area contributed by atoms with Crippen LogP contribution in [0.1, 0.15) is 27.8 Å². The molecule has 1 saturated heterocycles. The number of anilines is 1. The van der Waals surface area contributed by atoms with Gasteiger partial charge in [0, 0.05) is 5.69 Å². The molecule has 1 N–H and O–H groups in total. The Morgan fingerprint density at radius 3 is 2.49 bits per heavy atom. The molecule has 3 aromatic carbocycles. The number of carbonyl (C=O) groups is 3. The number of carbonyl (C=O) groups excluding carboxylic acids is 3. The van der Waals surface area contributed by atoms with Crippen molar-refractivity contribution in [2.24, 2.45) is 0 Å². The standard InChI is InChI=1S/C29H28N2O5S/c1-18-9-7-11-23(20(18)3)30-27(32)17-36-24-13-12-21(14-25(24)35-4)15-26-28(33)31(29(34)37-26)16-22-10-6-5-8-19(22)2/h5-15H,16-17H2,1-4H3,(H,30,32)/b26-15-. The van der Waals surface area contributed by atoms with Gasteiger partial charge in [0.15, 0.2) is 18.1 Å². The molecule has 0 aliphatic carbocycles. The zero-order valence-electron chi connectivity index (χ0n) is 21.2. The van der Waals surface area contributed by atoms with Gasteiger partial charge in [0.05, 0.1) is 18.6 Å². The van der Waals surface area contributed by atoms with E-state index in [1.807, 2.05) is 63.2 Å². The van der Waals surface area contributed by atoms with E-state index >= 15 is 0 Å². The fraction of sp³-hybridized carbons (Fsp3) is 0.207. The number of aryl methyl sites for hydroxylation is 2. The summed E-state index contributed by atoms with van der Waals surface area (Å²) in [5.74, 6) is 0.179. The first kappa shape index (κ1) is 26.0. The van der Waals surface area contributed by atoms with Crippen molar-refractivity contribution in [3.63, 3.8) is 0 Å². The molecule has 1 aliphatic rings. The first-order valence-corrected chi connectivity index (χ1v) is 12.5. The maximum absolute atomic E-state index is 12.9. The van der Waals surface area contributed by atoms with Gasteiger partial charge in [-0.15, -0.1) is 0 Å². The highest BCUT2D eigenvalue weighted by molar-refractivity contribution is 8.18. The van der Waals surface area contributed by atoms with Crippen LogP contribution in [0, 0.1) is 20.8 Å². The van der Waals surface area contributed by atoms with Gasteiger partial charge in [0.2, 0.25) is 0 Å². The second-order valence-corrected chi connectivity index (χ2v) is 9.68. The summed E-state index contributed by atoms with van der Waals surface area (Å²) in [6.07, 6.45) is 1.66. The van der Waals surface area contributed by atoms with Crippen LogP contribution >= 0.6 is 11.8 Å². The third-order valence-corrected chi connectivity index (χ3v) is 7.09. The minimum absolute atomic E-state index is 0.194. The summed E-state index contributed by atoms with van der Waals surface area (Å²) in [5, 5.41) is 2.56. The Morgan fingerprint density at radius 2 is 1.73 bits per heavy atom. The monoisotopic (exact) mass is 516 g/mol. The van der Waals surface area contributed by atoms with E-state index in [1.165, 1.54) is 12.0 Å². The van der Waals surface area contributed by atoms with Gasteiger partial charge in [-0.2, -0.15) is 0 Å². The zero-order valence-corrected chi connectivity index (χ0v) is 22.0. The number of rotatable bonds is 8. The summed E-state index contributed by atoms with van der Waals surface area (Å²) in [4.78, 5) is 39.5. The molecule has 3 aromatic rings. The third kappa shape index (κ3) is 6.03. The lowest BCUT2D eigenvalue weighted by Gasteiger charge is -2.14. The molecule has 0 saturated carbocycles. The number of hydrogen-bond acceptors (Lipinski definition) is 6. The van der Waals surface area contributed by atoms with E-state index in [1.54, 1.807) is 24.3 Å². The first-order chi connectivity index (χ1) is 17.8. The average Bonchev–Trinajstić information content (AvgIpc) is 3.14. The average molecular weight is 517 g/mol. The van der Waals surface area contributed by atoms with Gasteiger partial charge < -0.3 is 14.8 Å². The number of nitrogens with zero attached hydrogens (tertiary/aromatic N) is 1. The first-order valence-electron chi connectivity index (χ1n) is 11.7. The minimum atomic E-state index is -0.333. The van der Waals surface area contributed by atoms with Crippen LogP contribution in [0.3, 0.4) is 0 Å². The molecule has 0 aromatic heterocycles. The third-order valence-electron chi connectivity index (χ3n) is 6.19. The van der Waals surface area contributed by atoms with Crippen molar-refractivity contribution < 1.29 is 23.9 Å². The topological polar surface area (TPSA) is 84.9 Å². The number of ether oxygens (including phenoxy) is 2. The smallest absolute Gasteiger partial charge is 0.293 e. The quantitative estimate of drug-likeness (QED) is 0.377. The maximum Gasteiger partial charge on any atom is 0.293 e.